The standard InChI is InChI=1S/C20H19N3O4/c1-27-20(26)17(10-14-11-22-16-5-3-2-4-15(14)16)23-19(25)13-8-6-12(7-9-13)18(21)24/h2-9,11,17,22H,10H2,1H3,(H2,21,24)(H,23,25). The Morgan fingerprint density at radius 1 is 1.07 bits per heavy atom. The molecule has 0 saturated heterocycles. The number of aromatic nitrogens is 1. The number of H-pyrrole nitrogens is 1. The smallest absolute Gasteiger partial charge is 0.328 e. The minimum atomic E-state index is -0.850. The lowest BCUT2D eigenvalue weighted by molar-refractivity contribution is -0.142. The van der Waals surface area contributed by atoms with E-state index in [1.807, 2.05) is 30.5 Å². The number of ether oxygens (including phenoxy) is 1. The van der Waals surface area contributed by atoms with E-state index >= 15 is 0 Å². The zero-order valence-electron chi connectivity index (χ0n) is 14.7. The van der Waals surface area contributed by atoms with Gasteiger partial charge in [0, 0.05) is 34.6 Å². The van der Waals surface area contributed by atoms with Crippen molar-refractivity contribution >= 4 is 28.7 Å². The second-order valence-electron chi connectivity index (χ2n) is 6.05. The molecular weight excluding hydrogens is 346 g/mol. The Labute approximate surface area is 155 Å². The number of amides is 2. The van der Waals surface area contributed by atoms with Crippen LogP contribution in [0.2, 0.25) is 0 Å². The molecule has 2 aromatic carbocycles. The Bertz CT molecular complexity index is 992. The average molecular weight is 365 g/mol. The highest BCUT2D eigenvalue weighted by atomic mass is 16.5. The van der Waals surface area contributed by atoms with E-state index in [0.29, 0.717) is 11.1 Å². The van der Waals surface area contributed by atoms with Gasteiger partial charge in [-0.05, 0) is 35.9 Å². The fourth-order valence-electron chi connectivity index (χ4n) is 2.88. The number of carbonyl (C=O) groups is 3. The highest BCUT2D eigenvalue weighted by Gasteiger charge is 2.24. The normalized spacial score (nSPS) is 11.7. The number of primary amides is 1. The molecule has 0 aliphatic carbocycles. The Morgan fingerprint density at radius 2 is 1.74 bits per heavy atom. The predicted octanol–water partition coefficient (Wildman–Crippen LogP) is 1.78. The molecule has 7 heteroatoms. The lowest BCUT2D eigenvalue weighted by Gasteiger charge is -2.16. The Kier molecular flexibility index (Phi) is 5.21. The van der Waals surface area contributed by atoms with Gasteiger partial charge >= 0.3 is 5.97 Å². The average Bonchev–Trinajstić information content (AvgIpc) is 3.09. The number of methoxy groups -OCH3 is 1. The fraction of sp³-hybridized carbons (Fsp3) is 0.150. The summed E-state index contributed by atoms with van der Waals surface area (Å²) in [5.74, 6) is -1.56. The number of nitrogens with one attached hydrogen (secondary N) is 2. The third-order valence-corrected chi connectivity index (χ3v) is 4.32. The number of rotatable bonds is 6. The second-order valence-corrected chi connectivity index (χ2v) is 6.05. The summed E-state index contributed by atoms with van der Waals surface area (Å²) in [5.41, 5.74) is 7.65. The SMILES string of the molecule is COC(=O)C(Cc1c[nH]c2ccccc12)NC(=O)c1ccc(C(N)=O)cc1. The van der Waals surface area contributed by atoms with Crippen molar-refractivity contribution in [3.8, 4) is 0 Å². The molecule has 3 rings (SSSR count). The molecule has 0 saturated carbocycles. The zero-order valence-corrected chi connectivity index (χ0v) is 14.7. The molecule has 2 amide bonds. The van der Waals surface area contributed by atoms with E-state index in [1.54, 1.807) is 0 Å². The largest absolute Gasteiger partial charge is 0.467 e. The van der Waals surface area contributed by atoms with Crippen LogP contribution in [0.4, 0.5) is 0 Å². The number of carbonyl (C=O) groups excluding carboxylic acids is 3. The quantitative estimate of drug-likeness (QED) is 0.578. The van der Waals surface area contributed by atoms with Crippen molar-refractivity contribution in [2.75, 3.05) is 7.11 Å². The third-order valence-electron chi connectivity index (χ3n) is 4.32. The molecule has 0 aliphatic heterocycles. The van der Waals surface area contributed by atoms with Crippen molar-refractivity contribution in [2.45, 2.75) is 12.5 Å². The monoisotopic (exact) mass is 365 g/mol. The van der Waals surface area contributed by atoms with Crippen molar-refractivity contribution in [3.63, 3.8) is 0 Å². The van der Waals surface area contributed by atoms with Crippen LogP contribution in [0.5, 0.6) is 0 Å². The molecule has 0 spiro atoms. The van der Waals surface area contributed by atoms with Gasteiger partial charge < -0.3 is 20.8 Å². The summed E-state index contributed by atoms with van der Waals surface area (Å²) in [6.07, 6.45) is 2.09. The van der Waals surface area contributed by atoms with Crippen LogP contribution in [0.1, 0.15) is 26.3 Å². The number of benzene rings is 2. The topological polar surface area (TPSA) is 114 Å². The number of hydrogen-bond acceptors (Lipinski definition) is 4. The van der Waals surface area contributed by atoms with Gasteiger partial charge in [-0.3, -0.25) is 9.59 Å². The summed E-state index contributed by atoms with van der Waals surface area (Å²) in [6, 6.07) is 12.7. The first-order valence-electron chi connectivity index (χ1n) is 8.33. The lowest BCUT2D eigenvalue weighted by Crippen LogP contribution is -2.43. The van der Waals surface area contributed by atoms with Crippen LogP contribution in [-0.2, 0) is 16.0 Å². The fourth-order valence-corrected chi connectivity index (χ4v) is 2.88. The molecule has 0 aliphatic rings. The molecule has 3 aromatic rings. The highest BCUT2D eigenvalue weighted by Crippen LogP contribution is 2.19. The maximum Gasteiger partial charge on any atom is 0.328 e. The van der Waals surface area contributed by atoms with E-state index in [0.717, 1.165) is 16.5 Å². The van der Waals surface area contributed by atoms with Gasteiger partial charge in [-0.25, -0.2) is 4.79 Å². The van der Waals surface area contributed by atoms with Gasteiger partial charge in [0.05, 0.1) is 7.11 Å². The van der Waals surface area contributed by atoms with Crippen LogP contribution in [0.25, 0.3) is 10.9 Å². The van der Waals surface area contributed by atoms with Gasteiger partial charge in [0.25, 0.3) is 5.91 Å². The van der Waals surface area contributed by atoms with Gasteiger partial charge in [-0.1, -0.05) is 18.2 Å². The van der Waals surface area contributed by atoms with E-state index < -0.39 is 23.8 Å². The van der Waals surface area contributed by atoms with Crippen LogP contribution >= 0.6 is 0 Å². The van der Waals surface area contributed by atoms with Crippen LogP contribution in [0, 0.1) is 0 Å². The summed E-state index contributed by atoms with van der Waals surface area (Å²) in [4.78, 5) is 39.0. The van der Waals surface area contributed by atoms with E-state index in [-0.39, 0.29) is 6.42 Å². The molecule has 1 unspecified atom stereocenters. The number of aromatic amines is 1. The summed E-state index contributed by atoms with van der Waals surface area (Å²) in [6.45, 7) is 0. The molecule has 1 heterocycles. The molecule has 0 bridgehead atoms. The molecule has 1 aromatic heterocycles. The molecule has 0 radical (unpaired) electrons. The Balaban J connectivity index is 1.79. The van der Waals surface area contributed by atoms with Gasteiger partial charge in [0.1, 0.15) is 6.04 Å². The first-order valence-corrected chi connectivity index (χ1v) is 8.33. The van der Waals surface area contributed by atoms with Gasteiger partial charge in [0.2, 0.25) is 5.91 Å². The van der Waals surface area contributed by atoms with Crippen molar-refractivity contribution in [1.29, 1.82) is 0 Å². The van der Waals surface area contributed by atoms with Crippen molar-refractivity contribution < 1.29 is 19.1 Å². The number of hydrogen-bond donors (Lipinski definition) is 3. The van der Waals surface area contributed by atoms with E-state index in [4.69, 9.17) is 10.5 Å². The molecule has 4 N–H and O–H groups in total. The highest BCUT2D eigenvalue weighted by molar-refractivity contribution is 5.99. The lowest BCUT2D eigenvalue weighted by atomic mass is 10.0. The molecule has 27 heavy (non-hydrogen) atoms. The van der Waals surface area contributed by atoms with Gasteiger partial charge in [0.15, 0.2) is 0 Å². The molecular formula is C20H19N3O4. The van der Waals surface area contributed by atoms with Gasteiger partial charge in [-0.15, -0.1) is 0 Å². The summed E-state index contributed by atoms with van der Waals surface area (Å²) < 4.78 is 4.84. The van der Waals surface area contributed by atoms with Crippen molar-refractivity contribution in [3.05, 3.63) is 71.4 Å². The number of para-hydroxylation sites is 1. The van der Waals surface area contributed by atoms with Crippen molar-refractivity contribution in [2.24, 2.45) is 5.73 Å². The summed E-state index contributed by atoms with van der Waals surface area (Å²) in [5, 5.41) is 3.67. The molecule has 7 nitrogen and oxygen atoms in total. The summed E-state index contributed by atoms with van der Waals surface area (Å²) >= 11 is 0. The zero-order chi connectivity index (χ0) is 19.4. The predicted molar refractivity (Wildman–Crippen MR) is 100 cm³/mol. The van der Waals surface area contributed by atoms with Gasteiger partial charge in [-0.2, -0.15) is 0 Å². The van der Waals surface area contributed by atoms with E-state index in [2.05, 4.69) is 10.3 Å². The molecule has 138 valence electrons. The number of nitrogens with two attached hydrogens (primary N) is 1. The number of fused-ring (bicyclic) bond motifs is 1. The maximum atomic E-state index is 12.5. The first kappa shape index (κ1) is 18.2. The molecule has 0 fully saturated rings. The summed E-state index contributed by atoms with van der Waals surface area (Å²) in [7, 11) is 1.28. The maximum absolute atomic E-state index is 12.5. The third kappa shape index (κ3) is 3.98. The molecule has 1 atom stereocenters. The van der Waals surface area contributed by atoms with Crippen LogP contribution in [-0.4, -0.2) is 35.9 Å². The Morgan fingerprint density at radius 3 is 2.41 bits per heavy atom. The first-order chi connectivity index (χ1) is 13.0. The van der Waals surface area contributed by atoms with Crippen LogP contribution < -0.4 is 11.1 Å². The van der Waals surface area contributed by atoms with Crippen LogP contribution in [0.3, 0.4) is 0 Å². The second kappa shape index (κ2) is 7.74. The van der Waals surface area contributed by atoms with E-state index in [9.17, 15) is 14.4 Å². The minimum Gasteiger partial charge on any atom is -0.467 e. The van der Waals surface area contributed by atoms with E-state index in [1.165, 1.54) is 31.4 Å². The van der Waals surface area contributed by atoms with Crippen LogP contribution in [0.15, 0.2) is 54.7 Å². The number of esters is 1. The Hall–Kier alpha value is -3.61. The van der Waals surface area contributed by atoms with Crippen molar-refractivity contribution in [1.82, 2.24) is 10.3 Å². The minimum absolute atomic E-state index is 0.280.